The second kappa shape index (κ2) is 5.09. The van der Waals surface area contributed by atoms with E-state index in [-0.39, 0.29) is 0 Å². The lowest BCUT2D eigenvalue weighted by Crippen LogP contribution is -2.13. The summed E-state index contributed by atoms with van der Waals surface area (Å²) >= 11 is 1.68. The van der Waals surface area contributed by atoms with E-state index in [1.165, 1.54) is 0 Å². The van der Waals surface area contributed by atoms with Crippen LogP contribution in [0.3, 0.4) is 0 Å². The zero-order chi connectivity index (χ0) is 10.5. The van der Waals surface area contributed by atoms with Crippen molar-refractivity contribution < 1.29 is 4.42 Å². The van der Waals surface area contributed by atoms with Crippen molar-refractivity contribution in [3.05, 3.63) is 29.0 Å². The second-order valence-electron chi connectivity index (χ2n) is 3.32. The summed E-state index contributed by atoms with van der Waals surface area (Å²) in [6.45, 7) is 4.06. The lowest BCUT2D eigenvalue weighted by molar-refractivity contribution is 0.568. The zero-order valence-corrected chi connectivity index (χ0v) is 9.51. The van der Waals surface area contributed by atoms with Crippen molar-refractivity contribution in [2.45, 2.75) is 19.9 Å². The van der Waals surface area contributed by atoms with Crippen molar-refractivity contribution in [1.82, 2.24) is 10.3 Å². The van der Waals surface area contributed by atoms with Crippen molar-refractivity contribution in [3.63, 3.8) is 0 Å². The Balaban J connectivity index is 1.98. The minimum absolute atomic E-state index is 0.857. The third-order valence-electron chi connectivity index (χ3n) is 2.07. The van der Waals surface area contributed by atoms with E-state index in [0.29, 0.717) is 0 Å². The molecule has 0 aromatic carbocycles. The van der Waals surface area contributed by atoms with E-state index in [1.807, 2.05) is 6.07 Å². The Morgan fingerprint density at radius 3 is 3.20 bits per heavy atom. The van der Waals surface area contributed by atoms with E-state index >= 15 is 0 Å². The smallest absolute Gasteiger partial charge is 0.107 e. The molecule has 0 saturated carbocycles. The lowest BCUT2D eigenvalue weighted by atomic mass is 10.3. The Hall–Kier alpha value is -1.13. The van der Waals surface area contributed by atoms with E-state index < -0.39 is 0 Å². The van der Waals surface area contributed by atoms with Crippen LogP contribution in [0.25, 0.3) is 11.3 Å². The van der Waals surface area contributed by atoms with Crippen molar-refractivity contribution in [2.24, 2.45) is 0 Å². The maximum absolute atomic E-state index is 5.03. The molecule has 3 nitrogen and oxygen atoms in total. The summed E-state index contributed by atoms with van der Waals surface area (Å²) in [6, 6.07) is 1.93. The summed E-state index contributed by atoms with van der Waals surface area (Å²) in [5.74, 6) is 0. The van der Waals surface area contributed by atoms with Gasteiger partial charge >= 0.3 is 0 Å². The van der Waals surface area contributed by atoms with Crippen molar-refractivity contribution >= 4 is 11.3 Å². The molecule has 0 fully saturated rings. The van der Waals surface area contributed by atoms with Crippen LogP contribution in [0.15, 0.2) is 28.4 Å². The van der Waals surface area contributed by atoms with Gasteiger partial charge in [0, 0.05) is 17.5 Å². The normalized spacial score (nSPS) is 10.7. The third kappa shape index (κ3) is 2.67. The van der Waals surface area contributed by atoms with Gasteiger partial charge in [-0.1, -0.05) is 6.92 Å². The largest absolute Gasteiger partial charge is 0.472 e. The number of thiazole rings is 1. The molecule has 2 aromatic rings. The van der Waals surface area contributed by atoms with Crippen LogP contribution in [-0.2, 0) is 6.54 Å². The van der Waals surface area contributed by atoms with Gasteiger partial charge in [-0.15, -0.1) is 11.3 Å². The maximum Gasteiger partial charge on any atom is 0.107 e. The van der Waals surface area contributed by atoms with Gasteiger partial charge in [0.15, 0.2) is 0 Å². The molecule has 0 amide bonds. The Kier molecular flexibility index (Phi) is 3.53. The molecule has 0 unspecified atom stereocenters. The van der Waals surface area contributed by atoms with Crippen LogP contribution in [0.4, 0.5) is 0 Å². The van der Waals surface area contributed by atoms with Crippen LogP contribution in [0.5, 0.6) is 0 Å². The summed E-state index contributed by atoms with van der Waals surface area (Å²) in [6.07, 6.45) is 4.54. The van der Waals surface area contributed by atoms with Crippen LogP contribution < -0.4 is 5.32 Å². The fraction of sp³-hybridized carbons (Fsp3) is 0.364. The van der Waals surface area contributed by atoms with E-state index in [9.17, 15) is 0 Å². The number of hydrogen-bond donors (Lipinski definition) is 1. The van der Waals surface area contributed by atoms with Crippen LogP contribution in [0.1, 0.15) is 18.4 Å². The highest BCUT2D eigenvalue weighted by molar-refractivity contribution is 7.09. The van der Waals surface area contributed by atoms with Crippen LogP contribution >= 0.6 is 11.3 Å². The highest BCUT2D eigenvalue weighted by atomic mass is 32.1. The van der Waals surface area contributed by atoms with Crippen molar-refractivity contribution in [1.29, 1.82) is 0 Å². The number of nitrogens with one attached hydrogen (secondary N) is 1. The highest BCUT2D eigenvalue weighted by Crippen LogP contribution is 2.21. The fourth-order valence-electron chi connectivity index (χ4n) is 1.31. The first-order valence-electron chi connectivity index (χ1n) is 5.08. The molecule has 0 spiro atoms. The van der Waals surface area contributed by atoms with Gasteiger partial charge in [-0.25, -0.2) is 4.98 Å². The quantitative estimate of drug-likeness (QED) is 0.790. The number of nitrogens with zero attached hydrogens (tertiary/aromatic N) is 1. The molecule has 0 saturated heterocycles. The summed E-state index contributed by atoms with van der Waals surface area (Å²) in [5, 5.41) is 6.52. The number of hydrogen-bond acceptors (Lipinski definition) is 4. The molecule has 0 atom stereocenters. The average Bonchev–Trinajstić information content (AvgIpc) is 2.87. The zero-order valence-electron chi connectivity index (χ0n) is 8.69. The van der Waals surface area contributed by atoms with Crippen molar-refractivity contribution in [2.75, 3.05) is 6.54 Å². The van der Waals surface area contributed by atoms with Gasteiger partial charge in [-0.05, 0) is 19.0 Å². The minimum atomic E-state index is 0.857. The van der Waals surface area contributed by atoms with Crippen molar-refractivity contribution in [3.8, 4) is 11.3 Å². The van der Waals surface area contributed by atoms with E-state index in [0.717, 1.165) is 35.8 Å². The van der Waals surface area contributed by atoms with Crippen LogP contribution in [0, 0.1) is 0 Å². The summed E-state index contributed by atoms with van der Waals surface area (Å²) in [5.41, 5.74) is 2.05. The molecule has 0 aliphatic rings. The Morgan fingerprint density at radius 2 is 2.47 bits per heavy atom. The maximum atomic E-state index is 5.03. The molecule has 0 radical (unpaired) electrons. The standard InChI is InChI=1S/C11H14N2OS/c1-2-4-12-6-11-13-10(8-15-11)9-3-5-14-7-9/h3,5,7-8,12H,2,4,6H2,1H3. The van der Waals surface area contributed by atoms with Crippen LogP contribution in [-0.4, -0.2) is 11.5 Å². The predicted octanol–water partition coefficient (Wildman–Crippen LogP) is 2.90. The molecule has 0 aliphatic heterocycles. The van der Waals surface area contributed by atoms with Gasteiger partial charge in [0.05, 0.1) is 18.2 Å². The summed E-state index contributed by atoms with van der Waals surface area (Å²) in [7, 11) is 0. The van der Waals surface area contributed by atoms with Gasteiger partial charge < -0.3 is 9.73 Å². The average molecular weight is 222 g/mol. The topological polar surface area (TPSA) is 38.1 Å². The molecule has 80 valence electrons. The first-order valence-corrected chi connectivity index (χ1v) is 5.96. The molecule has 0 bridgehead atoms. The minimum Gasteiger partial charge on any atom is -0.472 e. The monoisotopic (exact) mass is 222 g/mol. The van der Waals surface area contributed by atoms with E-state index in [4.69, 9.17) is 4.42 Å². The molecule has 2 heterocycles. The Labute approximate surface area is 93.2 Å². The van der Waals surface area contributed by atoms with Gasteiger partial charge in [0.2, 0.25) is 0 Å². The molecule has 4 heteroatoms. The van der Waals surface area contributed by atoms with E-state index in [2.05, 4.69) is 22.6 Å². The molecular weight excluding hydrogens is 208 g/mol. The molecule has 0 aliphatic carbocycles. The van der Waals surface area contributed by atoms with E-state index in [1.54, 1.807) is 23.9 Å². The summed E-state index contributed by atoms with van der Waals surface area (Å²) < 4.78 is 5.03. The first kappa shape index (κ1) is 10.4. The number of aromatic nitrogens is 1. The Morgan fingerprint density at radius 1 is 1.53 bits per heavy atom. The van der Waals surface area contributed by atoms with Crippen LogP contribution in [0.2, 0.25) is 0 Å². The SMILES string of the molecule is CCCNCc1nc(-c2ccoc2)cs1. The number of furan rings is 1. The van der Waals surface area contributed by atoms with Gasteiger partial charge in [-0.3, -0.25) is 0 Å². The highest BCUT2D eigenvalue weighted by Gasteiger charge is 2.04. The second-order valence-corrected chi connectivity index (χ2v) is 4.26. The number of rotatable bonds is 5. The van der Waals surface area contributed by atoms with Gasteiger partial charge in [0.25, 0.3) is 0 Å². The molecule has 15 heavy (non-hydrogen) atoms. The summed E-state index contributed by atoms with van der Waals surface area (Å²) in [4.78, 5) is 4.52. The first-order chi connectivity index (χ1) is 7.40. The predicted molar refractivity (Wildman–Crippen MR) is 61.8 cm³/mol. The van der Waals surface area contributed by atoms with Gasteiger partial charge in [0.1, 0.15) is 5.01 Å². The molecule has 2 rings (SSSR count). The third-order valence-corrected chi connectivity index (χ3v) is 2.92. The fourth-order valence-corrected chi connectivity index (χ4v) is 2.08. The lowest BCUT2D eigenvalue weighted by Gasteiger charge is -1.97. The Bertz CT molecular complexity index is 394. The van der Waals surface area contributed by atoms with Gasteiger partial charge in [-0.2, -0.15) is 0 Å². The molecular formula is C11H14N2OS. The molecule has 2 aromatic heterocycles. The molecule has 1 N–H and O–H groups in total.